The topological polar surface area (TPSA) is 98.2 Å². The van der Waals surface area contributed by atoms with Crippen molar-refractivity contribution >= 4 is 33.2 Å². The smallest absolute Gasteiger partial charge is 0.408 e. The van der Waals surface area contributed by atoms with Gasteiger partial charge >= 0.3 is 6.09 Å². The maximum atomic E-state index is 13.4. The Kier molecular flexibility index (Phi) is 5.02. The second-order valence-electron chi connectivity index (χ2n) is 11.8. The fraction of sp³-hybridized carbons (Fsp3) is 0.538. The maximum absolute atomic E-state index is 13.4. The molecule has 192 valence electrons. The second kappa shape index (κ2) is 7.55. The van der Waals surface area contributed by atoms with Crippen molar-refractivity contribution in [3.05, 3.63) is 40.8 Å². The number of hydrogen-bond donors (Lipinski definition) is 1. The molecule has 2 amide bonds. The lowest BCUT2D eigenvalue weighted by Crippen LogP contribution is -2.86. The van der Waals surface area contributed by atoms with Gasteiger partial charge in [0.05, 0.1) is 21.1 Å². The van der Waals surface area contributed by atoms with Crippen molar-refractivity contribution in [1.29, 1.82) is 0 Å². The molecule has 36 heavy (non-hydrogen) atoms. The number of carbonyl (C=O) groups is 2. The van der Waals surface area contributed by atoms with Gasteiger partial charge in [0.2, 0.25) is 0 Å². The normalized spacial score (nSPS) is 28.4. The molecule has 0 atom stereocenters. The molecule has 10 heteroatoms. The zero-order chi connectivity index (χ0) is 25.7. The number of hydrogen-bond acceptors (Lipinski definition) is 6. The Morgan fingerprint density at radius 1 is 1.06 bits per heavy atom. The first-order valence-electron chi connectivity index (χ1n) is 12.4. The summed E-state index contributed by atoms with van der Waals surface area (Å²) in [4.78, 5) is 33.1. The van der Waals surface area contributed by atoms with Crippen molar-refractivity contribution in [1.82, 2.24) is 14.7 Å². The molecule has 1 saturated heterocycles. The van der Waals surface area contributed by atoms with E-state index in [0.717, 1.165) is 37.2 Å². The van der Waals surface area contributed by atoms with Crippen LogP contribution in [0.3, 0.4) is 0 Å². The predicted octanol–water partition coefficient (Wildman–Crippen LogP) is 3.91. The lowest BCUT2D eigenvalue weighted by Gasteiger charge is -2.77. The van der Waals surface area contributed by atoms with Crippen LogP contribution < -0.4 is 0 Å². The molecule has 2 bridgehead atoms. The number of benzene rings is 1. The summed E-state index contributed by atoms with van der Waals surface area (Å²) in [5, 5.41) is 9.81. The summed E-state index contributed by atoms with van der Waals surface area (Å²) in [6, 6.07) is 8.78. The Balaban J connectivity index is 1.12. The van der Waals surface area contributed by atoms with Gasteiger partial charge in [-0.25, -0.2) is 13.2 Å². The highest BCUT2D eigenvalue weighted by molar-refractivity contribution is 7.91. The van der Waals surface area contributed by atoms with E-state index in [0.29, 0.717) is 34.0 Å². The monoisotopic (exact) mass is 529 g/mol. The third kappa shape index (κ3) is 3.37. The Hall–Kier alpha value is -2.43. The molecule has 3 heterocycles. The average molecular weight is 530 g/mol. The van der Waals surface area contributed by atoms with Crippen LogP contribution in [0.2, 0.25) is 0 Å². The van der Waals surface area contributed by atoms with Gasteiger partial charge in [0.25, 0.3) is 5.91 Å². The Morgan fingerprint density at radius 3 is 2.31 bits per heavy atom. The molecule has 3 saturated carbocycles. The van der Waals surface area contributed by atoms with E-state index in [1.807, 2.05) is 37.8 Å². The Morgan fingerprint density at radius 2 is 1.69 bits per heavy atom. The number of thiophene rings is 1. The van der Waals surface area contributed by atoms with Gasteiger partial charge in [-0.15, -0.1) is 11.3 Å². The number of fused-ring (bicyclic) bond motifs is 3. The first kappa shape index (κ1) is 23.9. The van der Waals surface area contributed by atoms with Crippen LogP contribution in [0.1, 0.15) is 55.3 Å². The lowest BCUT2D eigenvalue weighted by atomic mass is 9.42. The van der Waals surface area contributed by atoms with Crippen LogP contribution in [0.4, 0.5) is 4.79 Å². The first-order valence-corrected chi connectivity index (χ1v) is 14.8. The minimum absolute atomic E-state index is 0.0391. The minimum Gasteiger partial charge on any atom is -0.465 e. The van der Waals surface area contributed by atoms with E-state index in [4.69, 9.17) is 0 Å². The molecule has 3 aliphatic carbocycles. The van der Waals surface area contributed by atoms with Gasteiger partial charge in [0, 0.05) is 47.7 Å². The number of carboxylic acid groups (broad SMARTS) is 1. The van der Waals surface area contributed by atoms with E-state index in [9.17, 15) is 23.1 Å². The van der Waals surface area contributed by atoms with E-state index >= 15 is 0 Å². The number of nitrogens with zero attached hydrogens (tertiary/aromatic N) is 3. The molecule has 1 aromatic heterocycles. The molecule has 5 aliphatic rings. The van der Waals surface area contributed by atoms with Crippen LogP contribution >= 0.6 is 11.3 Å². The molecule has 0 radical (unpaired) electrons. The van der Waals surface area contributed by atoms with Crippen LogP contribution in [-0.4, -0.2) is 83.0 Å². The summed E-state index contributed by atoms with van der Waals surface area (Å²) >= 11 is 1.39. The van der Waals surface area contributed by atoms with Gasteiger partial charge in [0.15, 0.2) is 9.84 Å². The number of amides is 2. The zero-order valence-corrected chi connectivity index (χ0v) is 22.4. The summed E-state index contributed by atoms with van der Waals surface area (Å²) in [6.45, 7) is 8.64. The largest absolute Gasteiger partial charge is 0.465 e. The maximum Gasteiger partial charge on any atom is 0.408 e. The van der Waals surface area contributed by atoms with E-state index in [1.165, 1.54) is 11.3 Å². The lowest BCUT2D eigenvalue weighted by molar-refractivity contribution is -0.240. The Bertz CT molecular complexity index is 1360. The Labute approximate surface area is 215 Å². The molecule has 0 unspecified atom stereocenters. The van der Waals surface area contributed by atoms with Gasteiger partial charge in [-0.2, -0.15) is 0 Å². The molecule has 1 aromatic carbocycles. The van der Waals surface area contributed by atoms with Crippen molar-refractivity contribution in [2.45, 2.75) is 67.3 Å². The SMILES string of the molecule is CC(C)(C)N(C(=O)O)C12CC(N3CCN(C(=O)c4cc5c(s4)-c4ccccc4S(=O)(=O)C5)CC3)(C1)C2. The van der Waals surface area contributed by atoms with Crippen molar-refractivity contribution in [3.63, 3.8) is 0 Å². The standard InChI is InChI=1S/C26H31N3O5S2/c1-24(2,3)29(23(31)32)26-14-25(15-26,16-26)28-10-8-27(9-11-28)22(30)19-12-17-13-36(33,34)20-7-5-4-6-18(20)21(17)35-19/h4-7,12H,8-11,13-16H2,1-3H3,(H,31,32). The number of piperazine rings is 1. The summed E-state index contributed by atoms with van der Waals surface area (Å²) in [7, 11) is -3.40. The van der Waals surface area contributed by atoms with Crippen LogP contribution in [0.15, 0.2) is 35.2 Å². The quantitative estimate of drug-likeness (QED) is 0.647. The van der Waals surface area contributed by atoms with Crippen molar-refractivity contribution in [3.8, 4) is 10.4 Å². The summed E-state index contributed by atoms with van der Waals surface area (Å²) in [6.07, 6.45) is 1.75. The predicted molar refractivity (Wildman–Crippen MR) is 137 cm³/mol. The van der Waals surface area contributed by atoms with Gasteiger partial charge in [-0.3, -0.25) is 14.6 Å². The molecular formula is C26H31N3O5S2. The summed E-state index contributed by atoms with van der Waals surface area (Å²) < 4.78 is 25.4. The van der Waals surface area contributed by atoms with Gasteiger partial charge < -0.3 is 10.0 Å². The molecule has 7 rings (SSSR count). The minimum atomic E-state index is -3.40. The fourth-order valence-electron chi connectivity index (χ4n) is 7.07. The summed E-state index contributed by atoms with van der Waals surface area (Å²) in [5.74, 6) is -0.105. The van der Waals surface area contributed by atoms with Crippen LogP contribution in [0, 0.1) is 0 Å². The first-order chi connectivity index (χ1) is 16.9. The molecule has 0 spiro atoms. The molecule has 1 N–H and O–H groups in total. The van der Waals surface area contributed by atoms with Gasteiger partial charge in [-0.05, 0) is 57.7 Å². The van der Waals surface area contributed by atoms with Crippen LogP contribution in [0.5, 0.6) is 0 Å². The molecule has 2 aliphatic heterocycles. The van der Waals surface area contributed by atoms with E-state index in [-0.39, 0.29) is 22.7 Å². The van der Waals surface area contributed by atoms with Crippen molar-refractivity contribution in [2.75, 3.05) is 26.2 Å². The fourth-order valence-corrected chi connectivity index (χ4v) is 10.0. The van der Waals surface area contributed by atoms with E-state index < -0.39 is 21.5 Å². The molecule has 8 nitrogen and oxygen atoms in total. The van der Waals surface area contributed by atoms with Gasteiger partial charge in [-0.1, -0.05) is 18.2 Å². The van der Waals surface area contributed by atoms with Crippen molar-refractivity contribution in [2.24, 2.45) is 0 Å². The number of sulfone groups is 1. The molecule has 4 fully saturated rings. The second-order valence-corrected chi connectivity index (χ2v) is 14.8. The molecule has 2 aromatic rings. The van der Waals surface area contributed by atoms with Crippen LogP contribution in [-0.2, 0) is 15.6 Å². The van der Waals surface area contributed by atoms with Crippen LogP contribution in [0.25, 0.3) is 10.4 Å². The number of carbonyl (C=O) groups excluding carboxylic acids is 1. The number of rotatable bonds is 3. The third-order valence-electron chi connectivity index (χ3n) is 8.38. The third-order valence-corrected chi connectivity index (χ3v) is 11.3. The van der Waals surface area contributed by atoms with E-state index in [1.54, 1.807) is 23.1 Å². The van der Waals surface area contributed by atoms with E-state index in [2.05, 4.69) is 4.90 Å². The highest BCUT2D eigenvalue weighted by atomic mass is 32.2. The summed E-state index contributed by atoms with van der Waals surface area (Å²) in [5.41, 5.74) is 0.790. The van der Waals surface area contributed by atoms with Crippen molar-refractivity contribution < 1.29 is 23.1 Å². The average Bonchev–Trinajstić information content (AvgIpc) is 3.17. The zero-order valence-electron chi connectivity index (χ0n) is 20.8. The van der Waals surface area contributed by atoms with Gasteiger partial charge in [0.1, 0.15) is 0 Å². The highest BCUT2D eigenvalue weighted by Gasteiger charge is 2.74. The molecular weight excluding hydrogens is 498 g/mol. The highest BCUT2D eigenvalue weighted by Crippen LogP contribution is 2.67.